The fourth-order valence-corrected chi connectivity index (χ4v) is 6.18. The highest BCUT2D eigenvalue weighted by molar-refractivity contribution is 7.14. The average molecular weight is 413 g/mol. The Morgan fingerprint density at radius 1 is 1.10 bits per heavy atom. The summed E-state index contributed by atoms with van der Waals surface area (Å²) in [7, 11) is 0. The van der Waals surface area contributed by atoms with Crippen LogP contribution in [0.2, 0.25) is 0 Å². The molecule has 6 rings (SSSR count). The van der Waals surface area contributed by atoms with Crippen molar-refractivity contribution >= 4 is 17.2 Å². The van der Waals surface area contributed by atoms with Gasteiger partial charge in [0, 0.05) is 35.9 Å². The minimum Gasteiger partial charge on any atom is -0.348 e. The summed E-state index contributed by atoms with van der Waals surface area (Å²) in [4.78, 5) is 33.5. The van der Waals surface area contributed by atoms with Crippen LogP contribution in [-0.4, -0.2) is 46.0 Å². The molecule has 3 saturated heterocycles. The Bertz CT molecular complexity index is 938. The number of rotatable bonds is 4. The molecule has 7 heteroatoms. The van der Waals surface area contributed by atoms with Crippen molar-refractivity contribution in [2.45, 2.75) is 56.9 Å². The van der Waals surface area contributed by atoms with Crippen LogP contribution in [0.1, 0.15) is 66.1 Å². The number of hydrogen-bond acceptors (Lipinski definition) is 5. The van der Waals surface area contributed by atoms with Gasteiger partial charge in [0.1, 0.15) is 0 Å². The second kappa shape index (κ2) is 8.03. The number of hydrogen-bond donors (Lipinski definition) is 1. The quantitative estimate of drug-likeness (QED) is 0.838. The fourth-order valence-electron chi connectivity index (χ4n) is 5.12. The van der Waals surface area contributed by atoms with Gasteiger partial charge in [0.15, 0.2) is 5.13 Å². The van der Waals surface area contributed by atoms with Crippen LogP contribution >= 0.6 is 11.3 Å². The summed E-state index contributed by atoms with van der Waals surface area (Å²) in [6.45, 7) is 3.23. The molecule has 1 amide bonds. The van der Waals surface area contributed by atoms with E-state index in [1.54, 1.807) is 23.6 Å². The third kappa shape index (κ3) is 3.90. The molecule has 29 heavy (non-hydrogen) atoms. The summed E-state index contributed by atoms with van der Waals surface area (Å²) >= 11 is 1.59. The Kier molecular flexibility index (Phi) is 5.26. The van der Waals surface area contributed by atoms with E-state index in [2.05, 4.69) is 15.2 Å². The Morgan fingerprint density at radius 3 is 2.62 bits per heavy atom. The number of carbonyl (C=O) groups is 1. The van der Waals surface area contributed by atoms with Crippen LogP contribution in [0, 0.1) is 5.92 Å². The zero-order chi connectivity index (χ0) is 19.8. The fraction of sp³-hybridized carbons (Fsp3) is 0.591. The minimum atomic E-state index is -0.145. The van der Waals surface area contributed by atoms with Gasteiger partial charge in [-0.15, -0.1) is 11.3 Å². The number of nitrogens with one attached hydrogen (secondary N) is 1. The highest BCUT2D eigenvalue weighted by Gasteiger charge is 2.35. The summed E-state index contributed by atoms with van der Waals surface area (Å²) < 4.78 is 1.53. The number of piperidine rings is 3. The Hall–Kier alpha value is -1.99. The third-order valence-electron chi connectivity index (χ3n) is 6.87. The van der Waals surface area contributed by atoms with E-state index in [1.807, 2.05) is 6.20 Å². The van der Waals surface area contributed by atoms with Crippen LogP contribution in [0.4, 0.5) is 0 Å². The maximum Gasteiger partial charge on any atom is 0.256 e. The summed E-state index contributed by atoms with van der Waals surface area (Å²) in [6, 6.07) is 3.32. The second-order valence-electron chi connectivity index (χ2n) is 8.72. The van der Waals surface area contributed by atoms with E-state index in [9.17, 15) is 9.59 Å². The number of fused-ring (bicyclic) bond motifs is 3. The first kappa shape index (κ1) is 19.0. The van der Waals surface area contributed by atoms with E-state index in [4.69, 9.17) is 0 Å². The molecule has 2 aromatic rings. The zero-order valence-corrected chi connectivity index (χ0v) is 17.5. The van der Waals surface area contributed by atoms with Gasteiger partial charge in [0.2, 0.25) is 0 Å². The maximum atomic E-state index is 12.9. The van der Waals surface area contributed by atoms with Crippen molar-refractivity contribution in [2.75, 3.05) is 19.6 Å². The van der Waals surface area contributed by atoms with Crippen molar-refractivity contribution in [1.82, 2.24) is 19.8 Å². The van der Waals surface area contributed by atoms with Crippen molar-refractivity contribution in [2.24, 2.45) is 5.92 Å². The van der Waals surface area contributed by atoms with Gasteiger partial charge in [0.05, 0.1) is 5.56 Å². The van der Waals surface area contributed by atoms with Crippen molar-refractivity contribution in [3.05, 3.63) is 45.3 Å². The smallest absolute Gasteiger partial charge is 0.256 e. The van der Waals surface area contributed by atoms with Crippen LogP contribution in [0.25, 0.3) is 5.13 Å². The molecular weight excluding hydrogens is 384 g/mol. The SMILES string of the molecule is O=C(NC1CN2CCC1CC2)c1ccc(=O)n(-c2ncc(C3CCCCC3)s2)c1. The van der Waals surface area contributed by atoms with Gasteiger partial charge in [-0.3, -0.25) is 14.2 Å². The molecule has 1 N–H and O–H groups in total. The van der Waals surface area contributed by atoms with Gasteiger partial charge in [-0.2, -0.15) is 0 Å². The van der Waals surface area contributed by atoms with Crippen LogP contribution < -0.4 is 10.9 Å². The molecule has 4 fully saturated rings. The standard InChI is InChI=1S/C22H28N4O2S/c27-20-7-6-17(21(28)24-18-14-25-10-8-15(18)9-11-25)13-26(20)22-23-12-19(29-22)16-4-2-1-3-5-16/h6-7,12-13,15-16,18H,1-5,8-11,14H2,(H,24,28). The lowest BCUT2D eigenvalue weighted by Gasteiger charge is -2.44. The first-order valence-electron chi connectivity index (χ1n) is 10.9. The molecule has 154 valence electrons. The van der Waals surface area contributed by atoms with Crippen LogP contribution in [0.5, 0.6) is 0 Å². The van der Waals surface area contributed by atoms with Crippen molar-refractivity contribution in [3.63, 3.8) is 0 Å². The van der Waals surface area contributed by atoms with E-state index in [1.165, 1.54) is 47.6 Å². The molecule has 3 aliphatic heterocycles. The molecule has 0 radical (unpaired) electrons. The lowest BCUT2D eigenvalue weighted by molar-refractivity contribution is 0.0620. The summed E-state index contributed by atoms with van der Waals surface area (Å²) in [5.74, 6) is 1.04. The van der Waals surface area contributed by atoms with Gasteiger partial charge in [-0.1, -0.05) is 19.3 Å². The molecule has 5 heterocycles. The van der Waals surface area contributed by atoms with E-state index in [-0.39, 0.29) is 17.5 Å². The normalized spacial score (nSPS) is 27.1. The molecule has 6 nitrogen and oxygen atoms in total. The number of thiazole rings is 1. The maximum absolute atomic E-state index is 12.9. The predicted molar refractivity (Wildman–Crippen MR) is 114 cm³/mol. The molecular formula is C22H28N4O2S. The molecule has 1 atom stereocenters. The van der Waals surface area contributed by atoms with Crippen molar-refractivity contribution in [1.29, 1.82) is 0 Å². The average Bonchev–Trinajstić information content (AvgIpc) is 3.25. The lowest BCUT2D eigenvalue weighted by Crippen LogP contribution is -2.57. The number of pyridine rings is 1. The molecule has 1 unspecified atom stereocenters. The Labute approximate surface area is 175 Å². The molecule has 4 aliphatic rings. The summed E-state index contributed by atoms with van der Waals surface area (Å²) in [6.07, 6.45) is 12.2. The third-order valence-corrected chi connectivity index (χ3v) is 8.03. The first-order chi connectivity index (χ1) is 14.2. The second-order valence-corrected chi connectivity index (χ2v) is 9.76. The van der Waals surface area contributed by atoms with E-state index >= 15 is 0 Å². The molecule has 0 spiro atoms. The number of aromatic nitrogens is 2. The van der Waals surface area contributed by atoms with E-state index in [0.717, 1.165) is 32.5 Å². The molecule has 2 bridgehead atoms. The lowest BCUT2D eigenvalue weighted by atomic mass is 9.84. The van der Waals surface area contributed by atoms with Crippen molar-refractivity contribution < 1.29 is 4.79 Å². The van der Waals surface area contributed by atoms with E-state index in [0.29, 0.717) is 22.5 Å². The van der Waals surface area contributed by atoms with Gasteiger partial charge in [-0.05, 0) is 56.7 Å². The van der Waals surface area contributed by atoms with Gasteiger partial charge in [0.25, 0.3) is 11.5 Å². The van der Waals surface area contributed by atoms with E-state index < -0.39 is 0 Å². The molecule has 1 saturated carbocycles. The highest BCUT2D eigenvalue weighted by atomic mass is 32.1. The van der Waals surface area contributed by atoms with Crippen LogP contribution in [-0.2, 0) is 0 Å². The number of carbonyl (C=O) groups excluding carboxylic acids is 1. The number of nitrogens with zero attached hydrogens (tertiary/aromatic N) is 3. The zero-order valence-electron chi connectivity index (χ0n) is 16.7. The monoisotopic (exact) mass is 412 g/mol. The Balaban J connectivity index is 1.34. The summed E-state index contributed by atoms with van der Waals surface area (Å²) in [5, 5.41) is 3.87. The van der Waals surface area contributed by atoms with Crippen molar-refractivity contribution in [3.8, 4) is 5.13 Å². The van der Waals surface area contributed by atoms with Gasteiger partial charge >= 0.3 is 0 Å². The first-order valence-corrected chi connectivity index (χ1v) is 11.7. The Morgan fingerprint density at radius 2 is 1.90 bits per heavy atom. The molecule has 0 aromatic carbocycles. The molecule has 2 aromatic heterocycles. The molecule has 1 aliphatic carbocycles. The topological polar surface area (TPSA) is 67.2 Å². The van der Waals surface area contributed by atoms with Gasteiger partial charge in [-0.25, -0.2) is 4.98 Å². The van der Waals surface area contributed by atoms with Gasteiger partial charge < -0.3 is 10.2 Å². The predicted octanol–water partition coefficient (Wildman–Crippen LogP) is 3.17. The van der Waals surface area contributed by atoms with Crippen LogP contribution in [0.15, 0.2) is 29.3 Å². The minimum absolute atomic E-state index is 0.0958. The highest BCUT2D eigenvalue weighted by Crippen LogP contribution is 2.36. The largest absolute Gasteiger partial charge is 0.348 e. The summed E-state index contributed by atoms with van der Waals surface area (Å²) in [5.41, 5.74) is 0.379. The number of amides is 1. The van der Waals surface area contributed by atoms with Crippen LogP contribution in [0.3, 0.4) is 0 Å².